The van der Waals surface area contributed by atoms with Gasteiger partial charge in [-0.3, -0.25) is 4.79 Å². The van der Waals surface area contributed by atoms with Crippen molar-refractivity contribution in [2.45, 2.75) is 0 Å². The summed E-state index contributed by atoms with van der Waals surface area (Å²) < 4.78 is 10.6. The van der Waals surface area contributed by atoms with Crippen LogP contribution in [0.3, 0.4) is 0 Å². The number of nitrogens with one attached hydrogen (secondary N) is 1. The van der Waals surface area contributed by atoms with Crippen LogP contribution in [0.1, 0.15) is 26.3 Å². The summed E-state index contributed by atoms with van der Waals surface area (Å²) in [4.78, 5) is 25.3. The average Bonchev–Trinajstić information content (AvgIpc) is 2.78. The molecule has 3 rings (SSSR count). The molecule has 7 nitrogen and oxygen atoms in total. The molecule has 0 spiro atoms. The second kappa shape index (κ2) is 10.0. The van der Waals surface area contributed by atoms with Gasteiger partial charge in [0.05, 0.1) is 18.2 Å². The van der Waals surface area contributed by atoms with Gasteiger partial charge in [-0.1, -0.05) is 35.9 Å². The number of benzene rings is 3. The van der Waals surface area contributed by atoms with Crippen molar-refractivity contribution < 1.29 is 29.5 Å². The SMILES string of the molecule is COc1ccccc1C=CC(=O)c1cc(Cl)ccc1OC(=O)c1cccc([NH+]([O-])O)c1. The summed E-state index contributed by atoms with van der Waals surface area (Å²) in [5.74, 6) is -0.629. The lowest BCUT2D eigenvalue weighted by molar-refractivity contribution is -0.991. The third kappa shape index (κ3) is 5.56. The number of ether oxygens (including phenoxy) is 2. The fourth-order valence-corrected chi connectivity index (χ4v) is 2.95. The molecule has 3 aromatic rings. The normalized spacial score (nSPS) is 11.9. The molecule has 1 atom stereocenters. The van der Waals surface area contributed by atoms with Crippen molar-refractivity contribution in [3.8, 4) is 11.5 Å². The van der Waals surface area contributed by atoms with E-state index in [1.54, 1.807) is 18.2 Å². The van der Waals surface area contributed by atoms with Gasteiger partial charge in [-0.05, 0) is 42.5 Å². The van der Waals surface area contributed by atoms with E-state index in [2.05, 4.69) is 0 Å². The first-order valence-electron chi connectivity index (χ1n) is 9.09. The summed E-state index contributed by atoms with van der Waals surface area (Å²) in [5.41, 5.74) is 0.769. The first-order chi connectivity index (χ1) is 14.9. The van der Waals surface area contributed by atoms with E-state index in [9.17, 15) is 14.8 Å². The number of allylic oxidation sites excluding steroid dienone is 1. The summed E-state index contributed by atoms with van der Waals surface area (Å²) in [6.45, 7) is 0. The molecule has 0 bridgehead atoms. The molecule has 0 amide bonds. The number of carbonyl (C=O) groups excluding carboxylic acids is 2. The fraction of sp³-hybridized carbons (Fsp3) is 0.0435. The van der Waals surface area contributed by atoms with Crippen molar-refractivity contribution in [3.63, 3.8) is 0 Å². The third-order valence-electron chi connectivity index (χ3n) is 4.31. The van der Waals surface area contributed by atoms with Crippen LogP contribution in [0.4, 0.5) is 5.69 Å². The molecule has 8 heteroatoms. The Bertz CT molecular complexity index is 1140. The second-order valence-corrected chi connectivity index (χ2v) is 6.79. The van der Waals surface area contributed by atoms with E-state index in [1.807, 2.05) is 12.1 Å². The highest BCUT2D eigenvalue weighted by atomic mass is 35.5. The number of ketones is 1. The quantitative estimate of drug-likeness (QED) is 0.190. The van der Waals surface area contributed by atoms with Crippen LogP contribution in [0, 0.1) is 5.21 Å². The van der Waals surface area contributed by atoms with E-state index in [0.717, 1.165) is 0 Å². The summed E-state index contributed by atoms with van der Waals surface area (Å²) in [5, 5.41) is 19.3. The standard InChI is InChI=1S/C23H18ClNO6/c1-30-21-8-3-2-5-15(21)9-11-20(26)19-14-17(24)10-12-22(19)31-23(27)16-6-4-7-18(13-16)25(28)29/h2-14,25,28H,1H3. The molecule has 31 heavy (non-hydrogen) atoms. The van der Waals surface area contributed by atoms with E-state index in [4.69, 9.17) is 26.3 Å². The van der Waals surface area contributed by atoms with Crippen LogP contribution in [-0.2, 0) is 0 Å². The molecule has 158 valence electrons. The molecule has 2 N–H and O–H groups in total. The summed E-state index contributed by atoms with van der Waals surface area (Å²) in [6.07, 6.45) is 2.91. The van der Waals surface area contributed by atoms with Gasteiger partial charge in [-0.2, -0.15) is 5.23 Å². The second-order valence-electron chi connectivity index (χ2n) is 6.36. The minimum absolute atomic E-state index is 0.00445. The number of para-hydroxylation sites is 1. The van der Waals surface area contributed by atoms with Crippen LogP contribution in [0.25, 0.3) is 6.08 Å². The maximum absolute atomic E-state index is 12.8. The summed E-state index contributed by atoms with van der Waals surface area (Å²) in [7, 11) is 1.53. The predicted molar refractivity (Wildman–Crippen MR) is 115 cm³/mol. The van der Waals surface area contributed by atoms with Gasteiger partial charge >= 0.3 is 5.97 Å². The van der Waals surface area contributed by atoms with Crippen LogP contribution in [0.2, 0.25) is 5.02 Å². The van der Waals surface area contributed by atoms with Gasteiger partial charge in [0.1, 0.15) is 11.5 Å². The van der Waals surface area contributed by atoms with Gasteiger partial charge in [-0.25, -0.2) is 10.0 Å². The van der Waals surface area contributed by atoms with Gasteiger partial charge in [-0.15, -0.1) is 0 Å². The highest BCUT2D eigenvalue weighted by Gasteiger charge is 2.17. The zero-order chi connectivity index (χ0) is 22.4. The third-order valence-corrected chi connectivity index (χ3v) is 4.54. The Kier molecular flexibility index (Phi) is 7.17. The number of rotatable bonds is 7. The van der Waals surface area contributed by atoms with Gasteiger partial charge in [0, 0.05) is 22.7 Å². The highest BCUT2D eigenvalue weighted by Crippen LogP contribution is 2.26. The summed E-state index contributed by atoms with van der Waals surface area (Å²) >= 11 is 6.03. The van der Waals surface area contributed by atoms with Crippen LogP contribution in [0.15, 0.2) is 72.8 Å². The zero-order valence-corrected chi connectivity index (χ0v) is 17.1. The molecule has 1 unspecified atom stereocenters. The molecule has 0 radical (unpaired) electrons. The molecule has 0 fully saturated rings. The van der Waals surface area contributed by atoms with Crippen LogP contribution in [0.5, 0.6) is 11.5 Å². The minimum atomic E-state index is -1.17. The minimum Gasteiger partial charge on any atom is -0.595 e. The first-order valence-corrected chi connectivity index (χ1v) is 9.47. The zero-order valence-electron chi connectivity index (χ0n) is 16.4. The Morgan fingerprint density at radius 3 is 2.55 bits per heavy atom. The van der Waals surface area contributed by atoms with Crippen molar-refractivity contribution in [1.82, 2.24) is 0 Å². The Morgan fingerprint density at radius 1 is 1.03 bits per heavy atom. The first kappa shape index (κ1) is 22.2. The van der Waals surface area contributed by atoms with E-state index in [-0.39, 0.29) is 22.6 Å². The van der Waals surface area contributed by atoms with Gasteiger partial charge in [0.15, 0.2) is 11.5 Å². The molecule has 0 aromatic heterocycles. The van der Waals surface area contributed by atoms with E-state index >= 15 is 0 Å². The molecule has 0 aliphatic rings. The van der Waals surface area contributed by atoms with Crippen LogP contribution in [-0.4, -0.2) is 24.1 Å². The Balaban J connectivity index is 1.87. The van der Waals surface area contributed by atoms with Crippen molar-refractivity contribution in [1.29, 1.82) is 0 Å². The number of hydrogen-bond donors (Lipinski definition) is 2. The van der Waals surface area contributed by atoms with Crippen molar-refractivity contribution in [3.05, 3.63) is 99.7 Å². The van der Waals surface area contributed by atoms with Gasteiger partial charge in [0.25, 0.3) is 0 Å². The largest absolute Gasteiger partial charge is 0.595 e. The number of esters is 1. The maximum Gasteiger partial charge on any atom is 0.343 e. The predicted octanol–water partition coefficient (Wildman–Crippen LogP) is 3.87. The van der Waals surface area contributed by atoms with E-state index < -0.39 is 17.0 Å². The Labute approximate surface area is 183 Å². The smallest absolute Gasteiger partial charge is 0.343 e. The average molecular weight is 440 g/mol. The molecule has 3 aromatic carbocycles. The lowest BCUT2D eigenvalue weighted by Gasteiger charge is -2.13. The maximum atomic E-state index is 12.8. The molecular weight excluding hydrogens is 422 g/mol. The molecule has 0 aliphatic heterocycles. The molecular formula is C23H18ClNO6. The number of hydrogen-bond acceptors (Lipinski definition) is 6. The number of quaternary nitrogens is 1. The van der Waals surface area contributed by atoms with Crippen molar-refractivity contribution in [2.24, 2.45) is 0 Å². The Hall–Kier alpha value is -3.49. The number of carbonyl (C=O) groups is 2. The van der Waals surface area contributed by atoms with Gasteiger partial charge < -0.3 is 14.7 Å². The van der Waals surface area contributed by atoms with Crippen molar-refractivity contribution in [2.75, 3.05) is 7.11 Å². The summed E-state index contributed by atoms with van der Waals surface area (Å²) in [6, 6.07) is 16.9. The lowest BCUT2D eigenvalue weighted by atomic mass is 10.1. The molecule has 0 aliphatic carbocycles. The van der Waals surface area contributed by atoms with E-state index in [0.29, 0.717) is 16.3 Å². The molecule has 0 saturated carbocycles. The van der Waals surface area contributed by atoms with Crippen LogP contribution >= 0.6 is 11.6 Å². The van der Waals surface area contributed by atoms with Gasteiger partial charge in [0.2, 0.25) is 0 Å². The monoisotopic (exact) mass is 439 g/mol. The number of halogens is 1. The van der Waals surface area contributed by atoms with Crippen LogP contribution < -0.4 is 14.7 Å². The molecule has 0 saturated heterocycles. The lowest BCUT2D eigenvalue weighted by Crippen LogP contribution is -2.99. The fourth-order valence-electron chi connectivity index (χ4n) is 2.78. The van der Waals surface area contributed by atoms with E-state index in [1.165, 1.54) is 55.7 Å². The van der Waals surface area contributed by atoms with Crippen molar-refractivity contribution >= 4 is 35.1 Å². The number of methoxy groups -OCH3 is 1. The highest BCUT2D eigenvalue weighted by molar-refractivity contribution is 6.31. The Morgan fingerprint density at radius 2 is 1.81 bits per heavy atom. The molecule has 0 heterocycles. The topological polar surface area (TPSA) is 100 Å².